The summed E-state index contributed by atoms with van der Waals surface area (Å²) in [6.07, 6.45) is 7.57. The molecule has 2 aromatic heterocycles. The smallest absolute Gasteiger partial charge is 0.259 e. The Hall–Kier alpha value is -1.27. The first-order valence-corrected chi connectivity index (χ1v) is 7.60. The van der Waals surface area contributed by atoms with Gasteiger partial charge < -0.3 is 10.3 Å². The molecule has 0 bridgehead atoms. The van der Waals surface area contributed by atoms with Crippen molar-refractivity contribution in [3.05, 3.63) is 28.8 Å². The van der Waals surface area contributed by atoms with Crippen LogP contribution in [0, 0.1) is 5.92 Å². The van der Waals surface area contributed by atoms with Crippen LogP contribution in [0.2, 0.25) is 0 Å². The second-order valence-corrected chi connectivity index (χ2v) is 6.59. The van der Waals surface area contributed by atoms with Crippen molar-refractivity contribution in [3.63, 3.8) is 0 Å². The summed E-state index contributed by atoms with van der Waals surface area (Å²) >= 11 is 3.38. The first-order valence-electron chi connectivity index (χ1n) is 6.81. The molecule has 6 heteroatoms. The van der Waals surface area contributed by atoms with Crippen LogP contribution in [0.1, 0.15) is 38.4 Å². The summed E-state index contributed by atoms with van der Waals surface area (Å²) in [7, 11) is 0. The van der Waals surface area contributed by atoms with Gasteiger partial charge in [0, 0.05) is 16.9 Å². The molecule has 1 saturated carbocycles. The van der Waals surface area contributed by atoms with E-state index in [4.69, 9.17) is 10.3 Å². The van der Waals surface area contributed by atoms with Crippen LogP contribution >= 0.6 is 15.9 Å². The molecule has 2 aromatic rings. The van der Waals surface area contributed by atoms with E-state index in [0.717, 1.165) is 29.3 Å². The van der Waals surface area contributed by atoms with Crippen LogP contribution in [0.25, 0.3) is 11.5 Å². The molecule has 2 unspecified atom stereocenters. The third kappa shape index (κ3) is 2.62. The Morgan fingerprint density at radius 1 is 1.45 bits per heavy atom. The highest BCUT2D eigenvalue weighted by Gasteiger charge is 2.37. The van der Waals surface area contributed by atoms with E-state index in [1.54, 1.807) is 12.4 Å². The summed E-state index contributed by atoms with van der Waals surface area (Å²) in [5, 5.41) is 4.10. The minimum atomic E-state index is -0.459. The van der Waals surface area contributed by atoms with Gasteiger partial charge in [-0.1, -0.05) is 24.9 Å². The van der Waals surface area contributed by atoms with Crippen molar-refractivity contribution in [2.24, 2.45) is 11.7 Å². The summed E-state index contributed by atoms with van der Waals surface area (Å²) in [6, 6.07) is 1.90. The van der Waals surface area contributed by atoms with Crippen molar-refractivity contribution in [1.82, 2.24) is 15.1 Å². The number of halogens is 1. The summed E-state index contributed by atoms with van der Waals surface area (Å²) < 4.78 is 6.24. The third-order valence-corrected chi connectivity index (χ3v) is 4.29. The lowest BCUT2D eigenvalue weighted by Crippen LogP contribution is -2.42. The number of hydrogen-bond donors (Lipinski definition) is 1. The Morgan fingerprint density at radius 2 is 2.30 bits per heavy atom. The van der Waals surface area contributed by atoms with E-state index in [1.807, 2.05) is 6.07 Å². The minimum Gasteiger partial charge on any atom is -0.334 e. The molecule has 1 aliphatic rings. The van der Waals surface area contributed by atoms with Gasteiger partial charge in [-0.3, -0.25) is 4.98 Å². The summed E-state index contributed by atoms with van der Waals surface area (Å²) in [6.45, 7) is 2.22. The van der Waals surface area contributed by atoms with Gasteiger partial charge in [0.2, 0.25) is 0 Å². The highest BCUT2D eigenvalue weighted by Crippen LogP contribution is 2.37. The van der Waals surface area contributed by atoms with E-state index >= 15 is 0 Å². The molecule has 0 aromatic carbocycles. The third-order valence-electron chi connectivity index (χ3n) is 3.86. The maximum Gasteiger partial charge on any atom is 0.259 e. The van der Waals surface area contributed by atoms with Crippen molar-refractivity contribution in [3.8, 4) is 11.5 Å². The van der Waals surface area contributed by atoms with E-state index in [2.05, 4.69) is 38.0 Å². The molecular formula is C14H17BrN4O. The molecule has 2 heterocycles. The van der Waals surface area contributed by atoms with Gasteiger partial charge >= 0.3 is 0 Å². The molecule has 5 nitrogen and oxygen atoms in total. The Morgan fingerprint density at radius 3 is 3.05 bits per heavy atom. The Kier molecular flexibility index (Phi) is 3.60. The molecular weight excluding hydrogens is 320 g/mol. The van der Waals surface area contributed by atoms with Crippen LogP contribution < -0.4 is 5.73 Å². The number of nitrogens with zero attached hydrogens (tertiary/aromatic N) is 3. The van der Waals surface area contributed by atoms with Gasteiger partial charge in [0.1, 0.15) is 0 Å². The lowest BCUT2D eigenvalue weighted by atomic mass is 9.76. The van der Waals surface area contributed by atoms with Crippen molar-refractivity contribution in [2.45, 2.75) is 38.1 Å². The molecule has 2 atom stereocenters. The van der Waals surface area contributed by atoms with Gasteiger partial charge in [0.05, 0.1) is 11.1 Å². The maximum absolute atomic E-state index is 6.48. The van der Waals surface area contributed by atoms with Crippen molar-refractivity contribution < 1.29 is 4.52 Å². The normalized spacial score (nSPS) is 26.6. The quantitative estimate of drug-likeness (QED) is 0.910. The fraction of sp³-hybridized carbons (Fsp3) is 0.500. The molecule has 2 N–H and O–H groups in total. The second-order valence-electron chi connectivity index (χ2n) is 5.67. The molecule has 0 amide bonds. The molecule has 106 valence electrons. The fourth-order valence-electron chi connectivity index (χ4n) is 2.87. The van der Waals surface area contributed by atoms with E-state index in [1.165, 1.54) is 6.42 Å². The highest BCUT2D eigenvalue weighted by atomic mass is 79.9. The summed E-state index contributed by atoms with van der Waals surface area (Å²) in [4.78, 5) is 8.59. The molecule has 0 saturated heterocycles. The van der Waals surface area contributed by atoms with Gasteiger partial charge in [-0.05, 0) is 40.8 Å². The number of aromatic nitrogens is 3. The van der Waals surface area contributed by atoms with Crippen LogP contribution in [0.15, 0.2) is 27.5 Å². The lowest BCUT2D eigenvalue weighted by Gasteiger charge is -2.33. The zero-order valence-corrected chi connectivity index (χ0v) is 12.9. The highest BCUT2D eigenvalue weighted by molar-refractivity contribution is 9.10. The van der Waals surface area contributed by atoms with Gasteiger partial charge in [0.15, 0.2) is 5.82 Å². The molecule has 0 radical (unpaired) electrons. The van der Waals surface area contributed by atoms with Crippen LogP contribution in [0.5, 0.6) is 0 Å². The number of rotatable bonds is 2. The molecule has 20 heavy (non-hydrogen) atoms. The number of hydrogen-bond acceptors (Lipinski definition) is 5. The molecule has 0 spiro atoms. The Balaban J connectivity index is 1.90. The topological polar surface area (TPSA) is 77.8 Å². The first kappa shape index (κ1) is 13.7. The largest absolute Gasteiger partial charge is 0.334 e. The SMILES string of the molecule is CC1CCCC(N)(c2noc(-c3cncc(Br)c3)n2)C1. The van der Waals surface area contributed by atoms with Gasteiger partial charge in [-0.25, -0.2) is 0 Å². The van der Waals surface area contributed by atoms with Gasteiger partial charge in [-0.2, -0.15) is 4.98 Å². The van der Waals surface area contributed by atoms with Gasteiger partial charge in [0.25, 0.3) is 5.89 Å². The summed E-state index contributed by atoms with van der Waals surface area (Å²) in [5.41, 5.74) is 6.82. The van der Waals surface area contributed by atoms with Gasteiger partial charge in [-0.15, -0.1) is 0 Å². The predicted molar refractivity (Wildman–Crippen MR) is 78.7 cm³/mol. The molecule has 1 fully saturated rings. The van der Waals surface area contributed by atoms with Crippen LogP contribution in [0.3, 0.4) is 0 Å². The molecule has 3 rings (SSSR count). The maximum atomic E-state index is 6.48. The number of pyridine rings is 1. The Bertz CT molecular complexity index is 615. The fourth-order valence-corrected chi connectivity index (χ4v) is 3.23. The van der Waals surface area contributed by atoms with E-state index < -0.39 is 5.54 Å². The monoisotopic (exact) mass is 336 g/mol. The standard InChI is InChI=1S/C14H17BrN4O/c1-9-3-2-4-14(16,6-9)13-18-12(20-19-13)10-5-11(15)8-17-7-10/h5,7-9H,2-4,6,16H2,1H3. The Labute approximate surface area is 126 Å². The predicted octanol–water partition coefficient (Wildman–Crippen LogP) is 3.26. The van der Waals surface area contributed by atoms with Crippen LogP contribution in [0.4, 0.5) is 0 Å². The summed E-state index contributed by atoms with van der Waals surface area (Å²) in [5.74, 6) is 1.68. The number of nitrogens with two attached hydrogens (primary N) is 1. The average molecular weight is 337 g/mol. The first-order chi connectivity index (χ1) is 9.57. The lowest BCUT2D eigenvalue weighted by molar-refractivity contribution is 0.222. The average Bonchev–Trinajstić information content (AvgIpc) is 2.88. The molecule has 0 aliphatic heterocycles. The molecule has 1 aliphatic carbocycles. The van der Waals surface area contributed by atoms with Crippen molar-refractivity contribution in [1.29, 1.82) is 0 Å². The van der Waals surface area contributed by atoms with Crippen LogP contribution in [-0.4, -0.2) is 15.1 Å². The van der Waals surface area contributed by atoms with E-state index in [-0.39, 0.29) is 0 Å². The zero-order valence-electron chi connectivity index (χ0n) is 11.3. The van der Waals surface area contributed by atoms with Crippen molar-refractivity contribution >= 4 is 15.9 Å². The van der Waals surface area contributed by atoms with Crippen molar-refractivity contribution in [2.75, 3.05) is 0 Å². The van der Waals surface area contributed by atoms with E-state index in [9.17, 15) is 0 Å². The van der Waals surface area contributed by atoms with Crippen LogP contribution in [-0.2, 0) is 5.54 Å². The van der Waals surface area contributed by atoms with E-state index in [0.29, 0.717) is 17.6 Å². The zero-order chi connectivity index (χ0) is 14.2. The minimum absolute atomic E-state index is 0.459. The second kappa shape index (κ2) is 5.26.